The molecule has 0 saturated heterocycles. The number of aliphatic carboxylic acids is 1. The van der Waals surface area contributed by atoms with E-state index < -0.39 is 23.6 Å². The van der Waals surface area contributed by atoms with Crippen LogP contribution in [-0.4, -0.2) is 22.0 Å². The SMILES string of the molecule is N#Cc1sc(NC(=O)[C@@H]2CCC[C@H](C(=O)O)C2)nc1-c1cccc(F)c1. The lowest BCUT2D eigenvalue weighted by Crippen LogP contribution is -2.30. The van der Waals surface area contributed by atoms with E-state index in [9.17, 15) is 19.2 Å². The van der Waals surface area contributed by atoms with Gasteiger partial charge in [0.05, 0.1) is 5.92 Å². The molecule has 0 aliphatic heterocycles. The molecule has 1 aromatic heterocycles. The lowest BCUT2D eigenvalue weighted by Gasteiger charge is -2.25. The predicted molar refractivity (Wildman–Crippen MR) is 93.9 cm³/mol. The van der Waals surface area contributed by atoms with Gasteiger partial charge in [-0.15, -0.1) is 0 Å². The average Bonchev–Trinajstić information content (AvgIpc) is 3.04. The van der Waals surface area contributed by atoms with Gasteiger partial charge in [0.1, 0.15) is 22.5 Å². The number of amides is 1. The number of carboxylic acid groups (broad SMARTS) is 1. The third kappa shape index (κ3) is 3.89. The van der Waals surface area contributed by atoms with Crippen molar-refractivity contribution in [3.63, 3.8) is 0 Å². The van der Waals surface area contributed by atoms with Gasteiger partial charge in [0, 0.05) is 11.5 Å². The monoisotopic (exact) mass is 373 g/mol. The normalized spacial score (nSPS) is 19.5. The number of nitriles is 1. The van der Waals surface area contributed by atoms with E-state index in [1.165, 1.54) is 18.2 Å². The molecule has 2 atom stereocenters. The van der Waals surface area contributed by atoms with Crippen LogP contribution in [0.25, 0.3) is 11.3 Å². The van der Waals surface area contributed by atoms with Crippen LogP contribution in [0.3, 0.4) is 0 Å². The fraction of sp³-hybridized carbons (Fsp3) is 0.333. The van der Waals surface area contributed by atoms with Crippen LogP contribution in [0.2, 0.25) is 0 Å². The minimum atomic E-state index is -0.878. The Hall–Kier alpha value is -2.79. The molecule has 0 spiro atoms. The molecule has 1 aromatic carbocycles. The Kier molecular flexibility index (Phi) is 5.28. The summed E-state index contributed by atoms with van der Waals surface area (Å²) in [5.74, 6) is -2.51. The summed E-state index contributed by atoms with van der Waals surface area (Å²) < 4.78 is 13.4. The number of hydrogen-bond acceptors (Lipinski definition) is 5. The third-order valence-electron chi connectivity index (χ3n) is 4.45. The number of anilines is 1. The summed E-state index contributed by atoms with van der Waals surface area (Å²) in [7, 11) is 0. The smallest absolute Gasteiger partial charge is 0.306 e. The number of halogens is 1. The number of nitrogens with zero attached hydrogens (tertiary/aromatic N) is 2. The van der Waals surface area contributed by atoms with Crippen molar-refractivity contribution in [2.45, 2.75) is 25.7 Å². The van der Waals surface area contributed by atoms with E-state index in [2.05, 4.69) is 10.3 Å². The van der Waals surface area contributed by atoms with Gasteiger partial charge in [-0.2, -0.15) is 5.26 Å². The Labute approximate surface area is 153 Å². The highest BCUT2D eigenvalue weighted by Crippen LogP contribution is 2.33. The maximum absolute atomic E-state index is 13.4. The predicted octanol–water partition coefficient (Wildman–Crippen LogP) is 3.65. The number of hydrogen-bond donors (Lipinski definition) is 2. The molecule has 1 saturated carbocycles. The Morgan fingerprint density at radius 3 is 2.81 bits per heavy atom. The number of carboxylic acids is 1. The fourth-order valence-electron chi connectivity index (χ4n) is 3.14. The van der Waals surface area contributed by atoms with Crippen LogP contribution >= 0.6 is 11.3 Å². The van der Waals surface area contributed by atoms with Crippen LogP contribution in [0.4, 0.5) is 9.52 Å². The molecule has 1 aliphatic rings. The number of nitrogens with one attached hydrogen (secondary N) is 1. The zero-order chi connectivity index (χ0) is 18.7. The second-order valence-corrected chi connectivity index (χ2v) is 7.21. The minimum Gasteiger partial charge on any atom is -0.481 e. The van der Waals surface area contributed by atoms with Crippen molar-refractivity contribution in [3.05, 3.63) is 35.0 Å². The first kappa shape index (κ1) is 18.0. The van der Waals surface area contributed by atoms with Crippen LogP contribution in [0.1, 0.15) is 30.6 Å². The molecule has 2 aromatic rings. The number of carbonyl (C=O) groups excluding carboxylic acids is 1. The lowest BCUT2D eigenvalue weighted by atomic mass is 9.81. The highest BCUT2D eigenvalue weighted by atomic mass is 32.1. The van der Waals surface area contributed by atoms with E-state index in [0.29, 0.717) is 36.9 Å². The molecule has 0 radical (unpaired) electrons. The zero-order valence-electron chi connectivity index (χ0n) is 13.7. The van der Waals surface area contributed by atoms with Crippen molar-refractivity contribution in [2.24, 2.45) is 11.8 Å². The summed E-state index contributed by atoms with van der Waals surface area (Å²) in [4.78, 5) is 28.1. The molecule has 6 nitrogen and oxygen atoms in total. The third-order valence-corrected chi connectivity index (χ3v) is 5.33. The second-order valence-electron chi connectivity index (χ2n) is 6.21. The molecule has 3 rings (SSSR count). The topological polar surface area (TPSA) is 103 Å². The number of thiazole rings is 1. The first-order valence-corrected chi connectivity index (χ1v) is 9.00. The maximum atomic E-state index is 13.4. The van der Waals surface area contributed by atoms with Crippen LogP contribution in [-0.2, 0) is 9.59 Å². The van der Waals surface area contributed by atoms with Gasteiger partial charge in [0.15, 0.2) is 5.13 Å². The molecule has 1 fully saturated rings. The van der Waals surface area contributed by atoms with Crippen molar-refractivity contribution in [1.82, 2.24) is 4.98 Å². The zero-order valence-corrected chi connectivity index (χ0v) is 14.6. The highest BCUT2D eigenvalue weighted by Gasteiger charge is 2.31. The van der Waals surface area contributed by atoms with E-state index in [4.69, 9.17) is 5.11 Å². The number of carbonyl (C=O) groups is 2. The van der Waals surface area contributed by atoms with Gasteiger partial charge in [-0.1, -0.05) is 29.9 Å². The first-order chi connectivity index (χ1) is 12.5. The van der Waals surface area contributed by atoms with Crippen LogP contribution in [0.15, 0.2) is 24.3 Å². The molecule has 134 valence electrons. The lowest BCUT2D eigenvalue weighted by molar-refractivity contribution is -0.143. The molecule has 1 amide bonds. The summed E-state index contributed by atoms with van der Waals surface area (Å²) in [6, 6.07) is 7.76. The molecule has 2 N–H and O–H groups in total. The van der Waals surface area contributed by atoms with E-state index in [1.807, 2.05) is 6.07 Å². The Balaban J connectivity index is 1.77. The van der Waals surface area contributed by atoms with Gasteiger partial charge in [0.25, 0.3) is 0 Å². The van der Waals surface area contributed by atoms with Gasteiger partial charge in [-0.05, 0) is 31.4 Å². The number of benzene rings is 1. The van der Waals surface area contributed by atoms with Gasteiger partial charge < -0.3 is 10.4 Å². The largest absolute Gasteiger partial charge is 0.481 e. The molecular formula is C18H16FN3O3S. The molecule has 26 heavy (non-hydrogen) atoms. The number of rotatable bonds is 4. The van der Waals surface area contributed by atoms with Gasteiger partial charge in [0.2, 0.25) is 5.91 Å². The Morgan fingerprint density at radius 2 is 2.12 bits per heavy atom. The van der Waals surface area contributed by atoms with Gasteiger partial charge in [-0.25, -0.2) is 9.37 Å². The fourth-order valence-corrected chi connectivity index (χ4v) is 3.93. The van der Waals surface area contributed by atoms with Crippen LogP contribution < -0.4 is 5.32 Å². The quantitative estimate of drug-likeness (QED) is 0.851. The summed E-state index contributed by atoms with van der Waals surface area (Å²) in [6.45, 7) is 0. The van der Waals surface area contributed by atoms with Gasteiger partial charge in [-0.3, -0.25) is 9.59 Å². The summed E-state index contributed by atoms with van der Waals surface area (Å²) in [6.07, 6.45) is 2.20. The molecule has 0 bridgehead atoms. The molecule has 1 heterocycles. The van der Waals surface area contributed by atoms with Crippen molar-refractivity contribution < 1.29 is 19.1 Å². The molecule has 1 aliphatic carbocycles. The Morgan fingerprint density at radius 1 is 1.35 bits per heavy atom. The molecular weight excluding hydrogens is 357 g/mol. The van der Waals surface area contributed by atoms with Crippen molar-refractivity contribution in [1.29, 1.82) is 5.26 Å². The van der Waals surface area contributed by atoms with E-state index in [-0.39, 0.29) is 15.9 Å². The van der Waals surface area contributed by atoms with Crippen LogP contribution in [0.5, 0.6) is 0 Å². The minimum absolute atomic E-state index is 0.253. The van der Waals surface area contributed by atoms with E-state index in [0.717, 1.165) is 11.3 Å². The van der Waals surface area contributed by atoms with Crippen LogP contribution in [0, 0.1) is 29.0 Å². The van der Waals surface area contributed by atoms with E-state index >= 15 is 0 Å². The summed E-state index contributed by atoms with van der Waals surface area (Å²) in [5, 5.41) is 21.4. The first-order valence-electron chi connectivity index (χ1n) is 8.18. The standard InChI is InChI=1S/C18H16FN3O3S/c19-13-6-2-3-10(8-13)15-14(9-20)26-18(21-15)22-16(23)11-4-1-5-12(7-11)17(24)25/h2-3,6,8,11-12H,1,4-5,7H2,(H,24,25)(H,21,22,23)/t11-,12+/m1/s1. The van der Waals surface area contributed by atoms with E-state index in [1.54, 1.807) is 6.07 Å². The Bertz CT molecular complexity index is 890. The molecule has 0 unspecified atom stereocenters. The van der Waals surface area contributed by atoms with Crippen molar-refractivity contribution >= 4 is 28.3 Å². The van der Waals surface area contributed by atoms with Crippen molar-refractivity contribution in [3.8, 4) is 17.3 Å². The molecule has 8 heteroatoms. The highest BCUT2D eigenvalue weighted by molar-refractivity contribution is 7.16. The second kappa shape index (κ2) is 7.62. The van der Waals surface area contributed by atoms with Crippen molar-refractivity contribution in [2.75, 3.05) is 5.32 Å². The summed E-state index contributed by atoms with van der Waals surface area (Å²) in [5.41, 5.74) is 0.779. The maximum Gasteiger partial charge on any atom is 0.306 e. The average molecular weight is 373 g/mol. The van der Waals surface area contributed by atoms with Gasteiger partial charge >= 0.3 is 5.97 Å². The summed E-state index contributed by atoms with van der Waals surface area (Å²) >= 11 is 1.02. The number of aromatic nitrogens is 1.